The van der Waals surface area contributed by atoms with Crippen molar-refractivity contribution >= 4 is 44.1 Å². The van der Waals surface area contributed by atoms with Gasteiger partial charge in [-0.25, -0.2) is 0 Å². The second kappa shape index (κ2) is 12.4. The highest BCUT2D eigenvalue weighted by Gasteiger charge is 2.49. The number of fused-ring (bicyclic) bond motifs is 3. The van der Waals surface area contributed by atoms with Crippen molar-refractivity contribution in [3.63, 3.8) is 0 Å². The first-order valence-corrected chi connectivity index (χ1v) is 19.9. The molecular weight excluding hydrogens is 683 g/mol. The van der Waals surface area contributed by atoms with Gasteiger partial charge in [0.25, 0.3) is 0 Å². The van der Waals surface area contributed by atoms with Crippen LogP contribution >= 0.6 is 0 Å². The van der Waals surface area contributed by atoms with Crippen LogP contribution in [0.4, 0.5) is 5.69 Å². The minimum Gasteiger partial charge on any atom is -0.472 e. The van der Waals surface area contributed by atoms with Gasteiger partial charge in [-0.15, -0.1) is 0 Å². The topological polar surface area (TPSA) is 21.7 Å². The Hall–Kier alpha value is -6.16. The molecule has 1 aliphatic carbocycles. The highest BCUT2D eigenvalue weighted by Crippen LogP contribution is 2.60. The summed E-state index contributed by atoms with van der Waals surface area (Å²) in [5.74, 6) is 0.921. The van der Waals surface area contributed by atoms with E-state index in [2.05, 4.69) is 183 Å². The Balaban J connectivity index is 1.23. The van der Waals surface area contributed by atoms with Crippen LogP contribution in [0.5, 0.6) is 5.75 Å². The molecule has 8 aromatic carbocycles. The summed E-state index contributed by atoms with van der Waals surface area (Å²) in [6, 6.07) is 54.5. The van der Waals surface area contributed by atoms with Crippen molar-refractivity contribution in [2.24, 2.45) is 0 Å². The Morgan fingerprint density at radius 2 is 1.18 bits per heavy atom. The van der Waals surface area contributed by atoms with E-state index in [1.807, 2.05) is 0 Å². The van der Waals surface area contributed by atoms with Gasteiger partial charge in [0, 0.05) is 40.9 Å². The van der Waals surface area contributed by atoms with Crippen LogP contribution in [0, 0.1) is 20.8 Å². The fourth-order valence-electron chi connectivity index (χ4n) is 10.2. The van der Waals surface area contributed by atoms with Crippen LogP contribution in [-0.4, -0.2) is 26.3 Å². The predicted molar refractivity (Wildman–Crippen MR) is 231 cm³/mol. The van der Waals surface area contributed by atoms with Crippen LogP contribution in [0.2, 0.25) is 0 Å². The number of anilines is 1. The normalized spacial score (nSPS) is 18.2. The fraction of sp³-hybridized carbons (Fsp3) is 0.170. The Labute approximate surface area is 328 Å². The fourth-order valence-corrected chi connectivity index (χ4v) is 10.2. The van der Waals surface area contributed by atoms with E-state index in [9.17, 15) is 0 Å². The molecule has 2 aliphatic heterocycles. The van der Waals surface area contributed by atoms with Crippen molar-refractivity contribution in [1.29, 1.82) is 0 Å². The molecule has 0 aromatic heterocycles. The zero-order chi connectivity index (χ0) is 37.6. The molecule has 1 fully saturated rings. The molecule has 56 heavy (non-hydrogen) atoms. The lowest BCUT2D eigenvalue weighted by Crippen LogP contribution is -2.37. The summed E-state index contributed by atoms with van der Waals surface area (Å²) in [6.45, 7) is 9.99. The summed E-state index contributed by atoms with van der Waals surface area (Å²) >= 11 is 0. The molecule has 0 amide bonds. The van der Waals surface area contributed by atoms with E-state index >= 15 is 0 Å². The van der Waals surface area contributed by atoms with Gasteiger partial charge in [0.1, 0.15) is 5.75 Å². The van der Waals surface area contributed by atoms with Crippen molar-refractivity contribution in [1.82, 2.24) is 0 Å². The second-order valence-corrected chi connectivity index (χ2v) is 16.0. The molecule has 272 valence electrons. The first-order valence-electron chi connectivity index (χ1n) is 19.9. The molecule has 0 saturated carbocycles. The van der Waals surface area contributed by atoms with Gasteiger partial charge < -0.3 is 14.4 Å². The molecule has 3 aliphatic rings. The first-order chi connectivity index (χ1) is 27.5. The molecule has 3 heteroatoms. The minimum absolute atomic E-state index is 0.595. The highest BCUT2D eigenvalue weighted by atomic mass is 16.5. The highest BCUT2D eigenvalue weighted by molar-refractivity contribution is 6.16. The van der Waals surface area contributed by atoms with E-state index in [0.717, 1.165) is 54.1 Å². The smallest absolute Gasteiger partial charge is 0.178 e. The average Bonchev–Trinajstić information content (AvgIpc) is 3.56. The molecule has 0 bridgehead atoms. The lowest BCUT2D eigenvalue weighted by atomic mass is 9.64. The number of aryl methyl sites for hydroxylation is 3. The third-order valence-electron chi connectivity index (χ3n) is 12.8. The van der Waals surface area contributed by atoms with Crippen molar-refractivity contribution in [3.8, 4) is 5.75 Å². The van der Waals surface area contributed by atoms with E-state index in [0.29, 0.717) is 0 Å². The van der Waals surface area contributed by atoms with Crippen LogP contribution in [0.15, 0.2) is 152 Å². The number of hydrogen-bond acceptors (Lipinski definition) is 3. The zero-order valence-corrected chi connectivity index (χ0v) is 32.1. The molecule has 8 aromatic rings. The zero-order valence-electron chi connectivity index (χ0n) is 32.1. The minimum atomic E-state index is -0.849. The maximum Gasteiger partial charge on any atom is 0.178 e. The van der Waals surface area contributed by atoms with E-state index in [-0.39, 0.29) is 0 Å². The first kappa shape index (κ1) is 33.2. The predicted octanol–water partition coefficient (Wildman–Crippen LogP) is 12.0. The van der Waals surface area contributed by atoms with Gasteiger partial charge in [-0.3, -0.25) is 0 Å². The number of morpholine rings is 1. The number of rotatable bonds is 5. The summed E-state index contributed by atoms with van der Waals surface area (Å²) in [7, 11) is 0. The van der Waals surface area contributed by atoms with Crippen LogP contribution < -0.4 is 9.64 Å². The lowest BCUT2D eigenvalue weighted by Gasteiger charge is -2.41. The summed E-state index contributed by atoms with van der Waals surface area (Å²) in [4.78, 5) is 2.41. The van der Waals surface area contributed by atoms with Gasteiger partial charge in [-0.2, -0.15) is 0 Å². The quantitative estimate of drug-likeness (QED) is 0.165. The molecular formula is C53H43NO2. The van der Waals surface area contributed by atoms with Crippen LogP contribution in [0.3, 0.4) is 0 Å². The summed E-state index contributed by atoms with van der Waals surface area (Å²) in [5.41, 5.74) is 12.0. The largest absolute Gasteiger partial charge is 0.472 e. The Morgan fingerprint density at radius 3 is 1.89 bits per heavy atom. The van der Waals surface area contributed by atoms with Gasteiger partial charge >= 0.3 is 0 Å². The average molecular weight is 726 g/mol. The summed E-state index contributed by atoms with van der Waals surface area (Å²) in [5, 5.41) is 7.54. The van der Waals surface area contributed by atoms with Gasteiger partial charge in [0.15, 0.2) is 5.60 Å². The number of hydrogen-bond donors (Lipinski definition) is 0. The SMILES string of the molecule is Cc1ccc(C)c(C2(c3cc4ccc(C)cc4c4c3C=CC(c3ccccc3)(c3ccc(N5CCOCC5)cc3)O4)c3cccc4ccc5cccc2c5c34)c1. The van der Waals surface area contributed by atoms with Crippen molar-refractivity contribution < 1.29 is 9.47 Å². The molecule has 0 spiro atoms. The van der Waals surface area contributed by atoms with Crippen molar-refractivity contribution in [3.05, 3.63) is 207 Å². The molecule has 1 atom stereocenters. The summed E-state index contributed by atoms with van der Waals surface area (Å²) in [6.07, 6.45) is 4.70. The maximum atomic E-state index is 7.78. The number of benzene rings is 8. The summed E-state index contributed by atoms with van der Waals surface area (Å²) < 4.78 is 13.4. The lowest BCUT2D eigenvalue weighted by molar-refractivity contribution is 0.122. The van der Waals surface area contributed by atoms with E-state index in [1.165, 1.54) is 71.6 Å². The van der Waals surface area contributed by atoms with Crippen LogP contribution in [-0.2, 0) is 15.8 Å². The molecule has 1 saturated heterocycles. The van der Waals surface area contributed by atoms with Crippen LogP contribution in [0.25, 0.3) is 38.4 Å². The van der Waals surface area contributed by atoms with E-state index in [1.54, 1.807) is 0 Å². The molecule has 1 unspecified atom stereocenters. The van der Waals surface area contributed by atoms with Gasteiger partial charge in [0.2, 0.25) is 0 Å². The molecule has 11 rings (SSSR count). The Bertz CT molecular complexity index is 2840. The molecule has 0 radical (unpaired) electrons. The third-order valence-corrected chi connectivity index (χ3v) is 12.8. The van der Waals surface area contributed by atoms with E-state index in [4.69, 9.17) is 9.47 Å². The Morgan fingerprint density at radius 1 is 0.536 bits per heavy atom. The molecule has 0 N–H and O–H groups in total. The van der Waals surface area contributed by atoms with E-state index < -0.39 is 11.0 Å². The number of ether oxygens (including phenoxy) is 2. The van der Waals surface area contributed by atoms with Crippen molar-refractivity contribution in [2.45, 2.75) is 31.8 Å². The third kappa shape index (κ3) is 4.67. The van der Waals surface area contributed by atoms with Crippen molar-refractivity contribution in [2.75, 3.05) is 31.2 Å². The van der Waals surface area contributed by atoms with Gasteiger partial charge in [-0.1, -0.05) is 139 Å². The number of nitrogens with zero attached hydrogens (tertiary/aromatic N) is 1. The monoisotopic (exact) mass is 725 g/mol. The molecule has 2 heterocycles. The maximum absolute atomic E-state index is 7.78. The Kier molecular flexibility index (Phi) is 7.37. The van der Waals surface area contributed by atoms with Gasteiger partial charge in [0.05, 0.1) is 18.6 Å². The second-order valence-electron chi connectivity index (χ2n) is 16.0. The van der Waals surface area contributed by atoms with Gasteiger partial charge in [-0.05, 0) is 106 Å². The standard InChI is InChI=1S/C53H43NO2/c1-34-16-18-39-33-48(53(47-32-35(2)15-17-36(47)3)45-13-7-9-37-19-20-38-10-8-14-46(53)50(38)49(37)45)43-25-26-52(40-11-5-4-6-12-40,56-51(43)44(39)31-34)41-21-23-42(24-22-41)54-27-29-55-30-28-54/h4-26,31-33H,27-30H2,1-3H3. The van der Waals surface area contributed by atoms with Crippen LogP contribution in [0.1, 0.15) is 55.6 Å². The molecule has 3 nitrogen and oxygen atoms in total.